The first kappa shape index (κ1) is 16.7. The maximum absolute atomic E-state index is 11.7. The van der Waals surface area contributed by atoms with Crippen molar-refractivity contribution in [3.8, 4) is 0 Å². The van der Waals surface area contributed by atoms with Gasteiger partial charge in [-0.05, 0) is 57.5 Å². The molecule has 2 fully saturated rings. The molecule has 2 saturated heterocycles. The summed E-state index contributed by atoms with van der Waals surface area (Å²) in [5.41, 5.74) is 0. The third-order valence-electron chi connectivity index (χ3n) is 4.00. The van der Waals surface area contributed by atoms with Gasteiger partial charge in [0.15, 0.2) is 0 Å². The summed E-state index contributed by atoms with van der Waals surface area (Å²) in [6.45, 7) is 3.96. The average Bonchev–Trinajstić information content (AvgIpc) is 2.91. The van der Waals surface area contributed by atoms with Gasteiger partial charge >= 0.3 is 0 Å². The Morgan fingerprint density at radius 1 is 1.26 bits per heavy atom. The monoisotopic (exact) mass is 290 g/mol. The highest BCUT2D eigenvalue weighted by atomic mass is 35.5. The summed E-state index contributed by atoms with van der Waals surface area (Å²) in [5, 5.41) is 6.38. The molecule has 5 heteroatoms. The van der Waals surface area contributed by atoms with Gasteiger partial charge in [-0.3, -0.25) is 4.79 Å². The number of halogens is 1. The van der Waals surface area contributed by atoms with Crippen molar-refractivity contribution in [3.05, 3.63) is 0 Å². The Morgan fingerprint density at radius 3 is 2.84 bits per heavy atom. The fourth-order valence-electron chi connectivity index (χ4n) is 2.79. The van der Waals surface area contributed by atoms with Gasteiger partial charge in [0.2, 0.25) is 5.91 Å². The normalized spacial score (nSPS) is 26.7. The van der Waals surface area contributed by atoms with Gasteiger partial charge in [-0.1, -0.05) is 0 Å². The van der Waals surface area contributed by atoms with Crippen LogP contribution in [0.3, 0.4) is 0 Å². The van der Waals surface area contributed by atoms with E-state index in [1.807, 2.05) is 0 Å². The van der Waals surface area contributed by atoms with Crippen LogP contribution in [0.4, 0.5) is 0 Å². The Labute approximate surface area is 122 Å². The van der Waals surface area contributed by atoms with Gasteiger partial charge in [-0.25, -0.2) is 0 Å². The molecule has 0 aliphatic carbocycles. The molecule has 4 nitrogen and oxygen atoms in total. The van der Waals surface area contributed by atoms with Crippen molar-refractivity contribution < 1.29 is 9.53 Å². The van der Waals surface area contributed by atoms with Crippen LogP contribution in [-0.2, 0) is 9.53 Å². The van der Waals surface area contributed by atoms with Crippen molar-refractivity contribution in [2.24, 2.45) is 5.92 Å². The van der Waals surface area contributed by atoms with E-state index in [0.717, 1.165) is 51.4 Å². The van der Waals surface area contributed by atoms with Crippen LogP contribution in [-0.4, -0.2) is 38.3 Å². The van der Waals surface area contributed by atoms with Crippen LogP contribution in [0.15, 0.2) is 0 Å². The summed E-state index contributed by atoms with van der Waals surface area (Å²) in [6.07, 6.45) is 7.75. The van der Waals surface area contributed by atoms with Crippen molar-refractivity contribution in [2.75, 3.05) is 26.2 Å². The van der Waals surface area contributed by atoms with Crippen molar-refractivity contribution in [3.63, 3.8) is 0 Å². The second-order valence-electron chi connectivity index (χ2n) is 5.52. The molecule has 2 N–H and O–H groups in total. The molecular weight excluding hydrogens is 264 g/mol. The molecule has 19 heavy (non-hydrogen) atoms. The summed E-state index contributed by atoms with van der Waals surface area (Å²) in [6, 6.07) is 0. The number of carbonyl (C=O) groups is 1. The minimum atomic E-state index is 0. The lowest BCUT2D eigenvalue weighted by Crippen LogP contribution is -2.28. The standard InChI is InChI=1S/C14H26N2O2.ClH/c17-14(5-4-13-3-1-2-10-18-13)16-9-7-12-6-8-15-11-12;/h12-13,15H,1-11H2,(H,16,17);1H. The highest BCUT2D eigenvalue weighted by Gasteiger charge is 2.16. The molecule has 0 radical (unpaired) electrons. The minimum absolute atomic E-state index is 0. The van der Waals surface area contributed by atoms with Gasteiger partial charge in [0.1, 0.15) is 0 Å². The zero-order valence-electron chi connectivity index (χ0n) is 11.7. The number of amides is 1. The van der Waals surface area contributed by atoms with E-state index in [-0.39, 0.29) is 18.3 Å². The van der Waals surface area contributed by atoms with E-state index >= 15 is 0 Å². The van der Waals surface area contributed by atoms with Crippen LogP contribution in [0, 0.1) is 5.92 Å². The lowest BCUT2D eigenvalue weighted by molar-refractivity contribution is -0.122. The summed E-state index contributed by atoms with van der Waals surface area (Å²) in [7, 11) is 0. The summed E-state index contributed by atoms with van der Waals surface area (Å²) in [4.78, 5) is 11.7. The number of ether oxygens (including phenoxy) is 1. The molecule has 0 aromatic heterocycles. The summed E-state index contributed by atoms with van der Waals surface area (Å²) >= 11 is 0. The van der Waals surface area contributed by atoms with E-state index in [4.69, 9.17) is 4.74 Å². The predicted octanol–water partition coefficient (Wildman–Crippen LogP) is 1.87. The van der Waals surface area contributed by atoms with Gasteiger partial charge in [0.05, 0.1) is 6.10 Å². The van der Waals surface area contributed by atoms with Crippen molar-refractivity contribution in [1.82, 2.24) is 10.6 Å². The summed E-state index contributed by atoms with van der Waals surface area (Å²) in [5.74, 6) is 0.946. The molecule has 0 aromatic carbocycles. The van der Waals surface area contributed by atoms with Gasteiger partial charge in [-0.15, -0.1) is 12.4 Å². The van der Waals surface area contributed by atoms with E-state index < -0.39 is 0 Å². The number of rotatable bonds is 6. The molecule has 2 rings (SSSR count). The van der Waals surface area contributed by atoms with Gasteiger partial charge in [0, 0.05) is 19.6 Å². The van der Waals surface area contributed by atoms with Gasteiger partial charge in [0.25, 0.3) is 0 Å². The molecule has 0 saturated carbocycles. The Kier molecular flexibility index (Phi) is 8.42. The molecule has 0 aromatic rings. The fraction of sp³-hybridized carbons (Fsp3) is 0.929. The van der Waals surface area contributed by atoms with Crippen LogP contribution < -0.4 is 10.6 Å². The van der Waals surface area contributed by atoms with E-state index in [1.165, 1.54) is 19.3 Å². The maximum Gasteiger partial charge on any atom is 0.220 e. The van der Waals surface area contributed by atoms with Crippen LogP contribution in [0.5, 0.6) is 0 Å². The molecule has 2 aliphatic heterocycles. The second-order valence-corrected chi connectivity index (χ2v) is 5.52. The first-order valence-electron chi connectivity index (χ1n) is 7.43. The first-order chi connectivity index (χ1) is 8.84. The van der Waals surface area contributed by atoms with Crippen molar-refractivity contribution in [2.45, 2.75) is 51.0 Å². The highest BCUT2D eigenvalue weighted by molar-refractivity contribution is 5.85. The Bertz CT molecular complexity index is 252. The lowest BCUT2D eigenvalue weighted by atomic mass is 10.0. The van der Waals surface area contributed by atoms with Crippen molar-refractivity contribution >= 4 is 18.3 Å². The van der Waals surface area contributed by atoms with Crippen LogP contribution >= 0.6 is 12.4 Å². The largest absolute Gasteiger partial charge is 0.378 e. The Balaban J connectivity index is 0.00000180. The molecule has 0 bridgehead atoms. The molecular formula is C14H27ClN2O2. The maximum atomic E-state index is 11.7. The SMILES string of the molecule is Cl.O=C(CCC1CCCCO1)NCCC1CCNC1. The molecule has 112 valence electrons. The molecule has 2 aliphatic rings. The van der Waals surface area contributed by atoms with Crippen LogP contribution in [0.25, 0.3) is 0 Å². The molecule has 1 amide bonds. The molecule has 0 spiro atoms. The number of hydrogen-bond acceptors (Lipinski definition) is 3. The molecule has 2 unspecified atom stereocenters. The van der Waals surface area contributed by atoms with E-state index in [1.54, 1.807) is 0 Å². The topological polar surface area (TPSA) is 50.4 Å². The third kappa shape index (κ3) is 6.59. The predicted molar refractivity (Wildman–Crippen MR) is 78.7 cm³/mol. The minimum Gasteiger partial charge on any atom is -0.378 e. The third-order valence-corrected chi connectivity index (χ3v) is 4.00. The van der Waals surface area contributed by atoms with Gasteiger partial charge in [-0.2, -0.15) is 0 Å². The zero-order chi connectivity index (χ0) is 12.6. The second kappa shape index (κ2) is 9.56. The Morgan fingerprint density at radius 2 is 2.16 bits per heavy atom. The highest BCUT2D eigenvalue weighted by Crippen LogP contribution is 2.16. The number of carbonyl (C=O) groups excluding carboxylic acids is 1. The molecule has 2 heterocycles. The quantitative estimate of drug-likeness (QED) is 0.785. The average molecular weight is 291 g/mol. The fourth-order valence-corrected chi connectivity index (χ4v) is 2.79. The van der Waals surface area contributed by atoms with Crippen molar-refractivity contribution in [1.29, 1.82) is 0 Å². The number of hydrogen-bond donors (Lipinski definition) is 2. The van der Waals surface area contributed by atoms with Crippen LogP contribution in [0.1, 0.15) is 44.9 Å². The number of nitrogens with one attached hydrogen (secondary N) is 2. The first-order valence-corrected chi connectivity index (χ1v) is 7.43. The van der Waals surface area contributed by atoms with E-state index in [0.29, 0.717) is 12.5 Å². The van der Waals surface area contributed by atoms with E-state index in [9.17, 15) is 4.79 Å². The van der Waals surface area contributed by atoms with E-state index in [2.05, 4.69) is 10.6 Å². The smallest absolute Gasteiger partial charge is 0.220 e. The van der Waals surface area contributed by atoms with Crippen LogP contribution in [0.2, 0.25) is 0 Å². The molecule has 2 atom stereocenters. The zero-order valence-corrected chi connectivity index (χ0v) is 12.5. The summed E-state index contributed by atoms with van der Waals surface area (Å²) < 4.78 is 5.63. The Hall–Kier alpha value is -0.320. The lowest BCUT2D eigenvalue weighted by Gasteiger charge is -2.22. The van der Waals surface area contributed by atoms with Gasteiger partial charge < -0.3 is 15.4 Å².